The van der Waals surface area contributed by atoms with Gasteiger partial charge in [0.2, 0.25) is 5.91 Å². The molecule has 7 rings (SSSR count). The molecule has 158 valence electrons. The third-order valence-corrected chi connectivity index (χ3v) is 8.22. The van der Waals surface area contributed by atoms with Crippen LogP contribution in [0.2, 0.25) is 0 Å². The molecule has 2 N–H and O–H groups in total. The predicted octanol–water partition coefficient (Wildman–Crippen LogP) is 4.51. The van der Waals surface area contributed by atoms with Gasteiger partial charge >= 0.3 is 0 Å². The molecule has 1 aromatic heterocycles. The zero-order chi connectivity index (χ0) is 20.1. The fraction of sp³-hybridized carbons (Fsp3) is 0.600. The minimum Gasteiger partial charge on any atom is -0.309 e. The normalized spacial score (nSPS) is 32.2. The number of H-pyrrole nitrogens is 1. The van der Waals surface area contributed by atoms with E-state index in [0.717, 1.165) is 55.3 Å². The number of amides is 1. The number of aromatic amines is 1. The van der Waals surface area contributed by atoms with E-state index in [1.165, 1.54) is 49.7 Å². The number of benzene rings is 1. The standard InChI is InChI=1S/C25H32N4O/c30-23(14-25-11-18-8-19(12-25)10-20(9-18)13-25)26-24-21-6-7-29(16-22(21)27-28-24)15-17-4-2-1-3-5-17/h1-5,18-20H,6-16H2,(H2,26,27,28,30). The molecule has 2 aromatic rings. The van der Waals surface area contributed by atoms with Gasteiger partial charge in [-0.25, -0.2) is 0 Å². The Morgan fingerprint density at radius 2 is 1.80 bits per heavy atom. The van der Waals surface area contributed by atoms with Crippen LogP contribution in [0, 0.1) is 23.2 Å². The van der Waals surface area contributed by atoms with Crippen molar-refractivity contribution in [1.29, 1.82) is 0 Å². The fourth-order valence-electron chi connectivity index (χ4n) is 7.48. The van der Waals surface area contributed by atoms with Crippen LogP contribution in [0.15, 0.2) is 30.3 Å². The molecule has 0 spiro atoms. The summed E-state index contributed by atoms with van der Waals surface area (Å²) in [4.78, 5) is 15.5. The Morgan fingerprint density at radius 3 is 2.50 bits per heavy atom. The Kier molecular flexibility index (Phi) is 4.48. The molecule has 1 amide bonds. The largest absolute Gasteiger partial charge is 0.309 e. The number of fused-ring (bicyclic) bond motifs is 1. The first-order chi connectivity index (χ1) is 14.6. The highest BCUT2D eigenvalue weighted by molar-refractivity contribution is 5.91. The van der Waals surface area contributed by atoms with Gasteiger partial charge < -0.3 is 5.32 Å². The lowest BCUT2D eigenvalue weighted by molar-refractivity contribution is -0.124. The first-order valence-electron chi connectivity index (χ1n) is 11.8. The number of rotatable bonds is 5. The van der Waals surface area contributed by atoms with Crippen LogP contribution in [0.25, 0.3) is 0 Å². The van der Waals surface area contributed by atoms with Crippen molar-refractivity contribution in [3.8, 4) is 0 Å². The summed E-state index contributed by atoms with van der Waals surface area (Å²) >= 11 is 0. The van der Waals surface area contributed by atoms with Gasteiger partial charge in [0.05, 0.1) is 5.69 Å². The molecule has 4 aliphatic carbocycles. The molecular formula is C25H32N4O. The minimum atomic E-state index is 0.179. The molecule has 4 saturated carbocycles. The summed E-state index contributed by atoms with van der Waals surface area (Å²) in [7, 11) is 0. The van der Waals surface area contributed by atoms with Gasteiger partial charge in [-0.1, -0.05) is 30.3 Å². The maximum absolute atomic E-state index is 13.0. The van der Waals surface area contributed by atoms with Crippen molar-refractivity contribution < 1.29 is 4.79 Å². The number of hydrogen-bond donors (Lipinski definition) is 2. The number of nitrogens with zero attached hydrogens (tertiary/aromatic N) is 2. The van der Waals surface area contributed by atoms with Crippen LogP contribution in [0.3, 0.4) is 0 Å². The van der Waals surface area contributed by atoms with Crippen LogP contribution in [-0.4, -0.2) is 27.5 Å². The van der Waals surface area contributed by atoms with Crippen molar-refractivity contribution in [2.24, 2.45) is 23.2 Å². The second-order valence-electron chi connectivity index (χ2n) is 10.6. The Balaban J connectivity index is 1.10. The zero-order valence-electron chi connectivity index (χ0n) is 17.7. The highest BCUT2D eigenvalue weighted by Gasteiger charge is 2.51. The van der Waals surface area contributed by atoms with Crippen LogP contribution in [0.5, 0.6) is 0 Å². The number of aromatic nitrogens is 2. The van der Waals surface area contributed by atoms with E-state index in [1.807, 2.05) is 0 Å². The molecule has 5 heteroatoms. The molecule has 0 atom stereocenters. The van der Waals surface area contributed by atoms with E-state index in [2.05, 4.69) is 50.7 Å². The van der Waals surface area contributed by atoms with E-state index >= 15 is 0 Å². The maximum atomic E-state index is 13.0. The fourth-order valence-corrected chi connectivity index (χ4v) is 7.48. The molecule has 2 heterocycles. The summed E-state index contributed by atoms with van der Waals surface area (Å²) in [6, 6.07) is 10.6. The van der Waals surface area contributed by atoms with E-state index in [-0.39, 0.29) is 11.3 Å². The summed E-state index contributed by atoms with van der Waals surface area (Å²) in [6.07, 6.45) is 9.73. The van der Waals surface area contributed by atoms with Crippen LogP contribution < -0.4 is 5.32 Å². The number of anilines is 1. The molecule has 0 saturated heterocycles. The van der Waals surface area contributed by atoms with Gasteiger partial charge in [-0.05, 0) is 73.7 Å². The van der Waals surface area contributed by atoms with E-state index < -0.39 is 0 Å². The molecule has 5 aliphatic rings. The van der Waals surface area contributed by atoms with Crippen LogP contribution in [0.4, 0.5) is 5.82 Å². The quantitative estimate of drug-likeness (QED) is 0.771. The van der Waals surface area contributed by atoms with Gasteiger partial charge in [0.25, 0.3) is 0 Å². The number of hydrogen-bond acceptors (Lipinski definition) is 3. The third kappa shape index (κ3) is 3.47. The first kappa shape index (κ1) is 18.6. The van der Waals surface area contributed by atoms with Gasteiger partial charge in [0.1, 0.15) is 0 Å². The Bertz CT molecular complexity index is 899. The van der Waals surface area contributed by atoms with Crippen molar-refractivity contribution in [2.45, 2.75) is 64.5 Å². The highest BCUT2D eigenvalue weighted by Crippen LogP contribution is 2.61. The molecule has 4 bridgehead atoms. The van der Waals surface area contributed by atoms with Crippen LogP contribution in [-0.2, 0) is 24.3 Å². The van der Waals surface area contributed by atoms with Crippen LogP contribution in [0.1, 0.15) is 61.8 Å². The van der Waals surface area contributed by atoms with Crippen molar-refractivity contribution in [2.75, 3.05) is 11.9 Å². The van der Waals surface area contributed by atoms with Crippen LogP contribution >= 0.6 is 0 Å². The monoisotopic (exact) mass is 404 g/mol. The molecule has 5 nitrogen and oxygen atoms in total. The molecule has 1 aliphatic heterocycles. The lowest BCUT2D eigenvalue weighted by atomic mass is 9.49. The van der Waals surface area contributed by atoms with Gasteiger partial charge in [-0.2, -0.15) is 5.10 Å². The minimum absolute atomic E-state index is 0.179. The number of carbonyl (C=O) groups is 1. The van der Waals surface area contributed by atoms with E-state index in [4.69, 9.17) is 0 Å². The SMILES string of the molecule is O=C(CC12CC3CC(CC(C3)C1)C2)Nc1n[nH]c2c1CCN(Cc1ccccc1)C2. The molecule has 1 aromatic carbocycles. The van der Waals surface area contributed by atoms with Gasteiger partial charge in [-0.3, -0.25) is 14.8 Å². The van der Waals surface area contributed by atoms with Gasteiger partial charge in [0, 0.05) is 31.6 Å². The van der Waals surface area contributed by atoms with Crippen molar-refractivity contribution in [1.82, 2.24) is 15.1 Å². The van der Waals surface area contributed by atoms with Crippen molar-refractivity contribution in [3.05, 3.63) is 47.2 Å². The smallest absolute Gasteiger partial charge is 0.226 e. The van der Waals surface area contributed by atoms with Crippen molar-refractivity contribution in [3.63, 3.8) is 0 Å². The predicted molar refractivity (Wildman–Crippen MR) is 117 cm³/mol. The zero-order valence-corrected chi connectivity index (χ0v) is 17.7. The molecule has 0 radical (unpaired) electrons. The van der Waals surface area contributed by atoms with E-state index in [9.17, 15) is 4.79 Å². The number of nitrogens with one attached hydrogen (secondary N) is 2. The second kappa shape index (κ2) is 7.23. The van der Waals surface area contributed by atoms with Gasteiger partial charge in [0.15, 0.2) is 5.82 Å². The summed E-state index contributed by atoms with van der Waals surface area (Å²) in [5.74, 6) is 3.62. The number of carbonyl (C=O) groups excluding carboxylic acids is 1. The average Bonchev–Trinajstić information content (AvgIpc) is 3.09. The second-order valence-corrected chi connectivity index (χ2v) is 10.6. The molecule has 30 heavy (non-hydrogen) atoms. The highest BCUT2D eigenvalue weighted by atomic mass is 16.1. The Morgan fingerprint density at radius 1 is 1.10 bits per heavy atom. The van der Waals surface area contributed by atoms with Gasteiger partial charge in [-0.15, -0.1) is 0 Å². The van der Waals surface area contributed by atoms with E-state index in [1.54, 1.807) is 0 Å². The topological polar surface area (TPSA) is 61.0 Å². The average molecular weight is 405 g/mol. The lowest BCUT2D eigenvalue weighted by Crippen LogP contribution is -2.47. The Labute approximate surface area is 178 Å². The summed E-state index contributed by atoms with van der Waals surface area (Å²) in [5, 5.41) is 10.9. The van der Waals surface area contributed by atoms with Crippen molar-refractivity contribution >= 4 is 11.7 Å². The summed E-state index contributed by atoms with van der Waals surface area (Å²) < 4.78 is 0. The summed E-state index contributed by atoms with van der Waals surface area (Å²) in [6.45, 7) is 2.81. The molecular weight excluding hydrogens is 372 g/mol. The lowest BCUT2D eigenvalue weighted by Gasteiger charge is -2.56. The molecule has 0 unspecified atom stereocenters. The molecule has 4 fully saturated rings. The van der Waals surface area contributed by atoms with E-state index in [0.29, 0.717) is 6.42 Å². The summed E-state index contributed by atoms with van der Waals surface area (Å²) in [5.41, 5.74) is 3.98. The third-order valence-electron chi connectivity index (χ3n) is 8.22. The first-order valence-corrected chi connectivity index (χ1v) is 11.8. The Hall–Kier alpha value is -2.14. The maximum Gasteiger partial charge on any atom is 0.226 e.